The molecule has 0 saturated heterocycles. The van der Waals surface area contributed by atoms with Crippen molar-refractivity contribution in [3.63, 3.8) is 0 Å². The van der Waals surface area contributed by atoms with Crippen molar-refractivity contribution in [1.82, 2.24) is 0 Å². The minimum absolute atomic E-state index is 0.121. The van der Waals surface area contributed by atoms with Crippen LogP contribution in [0, 0.1) is 5.41 Å². The molecule has 1 aromatic carbocycles. The molecule has 2 atom stereocenters. The average molecular weight is 311 g/mol. The summed E-state index contributed by atoms with van der Waals surface area (Å²) in [6.45, 7) is 1.87. The molecular formula is C14H21N3O3S. The summed E-state index contributed by atoms with van der Waals surface area (Å²) >= 11 is 0. The molecule has 2 rings (SSSR count). The molecule has 4 N–H and O–H groups in total. The Bertz CT molecular complexity index is 645. The summed E-state index contributed by atoms with van der Waals surface area (Å²) in [5, 5.41) is 2.83. The van der Waals surface area contributed by atoms with Crippen LogP contribution in [0.15, 0.2) is 24.3 Å². The molecule has 1 fully saturated rings. The van der Waals surface area contributed by atoms with Gasteiger partial charge in [0.2, 0.25) is 15.9 Å². The molecule has 0 aliphatic heterocycles. The summed E-state index contributed by atoms with van der Waals surface area (Å²) in [5.41, 5.74) is 6.42. The number of nitrogens with two attached hydrogens (primary N) is 1. The van der Waals surface area contributed by atoms with Gasteiger partial charge in [0.15, 0.2) is 0 Å². The first-order chi connectivity index (χ1) is 9.71. The van der Waals surface area contributed by atoms with Crippen LogP contribution in [-0.4, -0.2) is 26.6 Å². The number of nitrogens with one attached hydrogen (secondary N) is 2. The number of benzene rings is 1. The van der Waals surface area contributed by atoms with E-state index in [9.17, 15) is 13.2 Å². The van der Waals surface area contributed by atoms with Crippen LogP contribution >= 0.6 is 0 Å². The molecule has 1 amide bonds. The van der Waals surface area contributed by atoms with E-state index in [1.54, 1.807) is 24.3 Å². The zero-order valence-corrected chi connectivity index (χ0v) is 13.0. The SMILES string of the molecule is CC1(C(=O)Nc2cccc(NS(C)(=O)=O)c2)CCCC1N. The third kappa shape index (κ3) is 3.74. The maximum atomic E-state index is 12.4. The van der Waals surface area contributed by atoms with E-state index in [1.807, 2.05) is 6.92 Å². The van der Waals surface area contributed by atoms with Gasteiger partial charge in [0.05, 0.1) is 17.4 Å². The first-order valence-electron chi connectivity index (χ1n) is 6.86. The largest absolute Gasteiger partial charge is 0.327 e. The van der Waals surface area contributed by atoms with Gasteiger partial charge in [-0.3, -0.25) is 9.52 Å². The van der Waals surface area contributed by atoms with Gasteiger partial charge < -0.3 is 11.1 Å². The van der Waals surface area contributed by atoms with Crippen LogP contribution in [0.1, 0.15) is 26.2 Å². The van der Waals surface area contributed by atoms with E-state index >= 15 is 0 Å². The maximum absolute atomic E-state index is 12.4. The van der Waals surface area contributed by atoms with Crippen LogP contribution in [0.25, 0.3) is 0 Å². The molecule has 0 heterocycles. The normalized spacial score (nSPS) is 25.6. The average Bonchev–Trinajstić information content (AvgIpc) is 2.69. The van der Waals surface area contributed by atoms with Crippen molar-refractivity contribution in [2.45, 2.75) is 32.2 Å². The summed E-state index contributed by atoms with van der Waals surface area (Å²) in [6, 6.07) is 6.47. The lowest BCUT2D eigenvalue weighted by Gasteiger charge is -2.27. The first-order valence-corrected chi connectivity index (χ1v) is 8.75. The molecule has 1 saturated carbocycles. The number of hydrogen-bond donors (Lipinski definition) is 3. The van der Waals surface area contributed by atoms with Crippen LogP contribution in [0.4, 0.5) is 11.4 Å². The Kier molecular flexibility index (Phi) is 4.25. The second-order valence-electron chi connectivity index (χ2n) is 5.83. The maximum Gasteiger partial charge on any atom is 0.231 e. The number of sulfonamides is 1. The Morgan fingerprint density at radius 3 is 2.62 bits per heavy atom. The van der Waals surface area contributed by atoms with E-state index in [4.69, 9.17) is 5.73 Å². The Morgan fingerprint density at radius 2 is 2.05 bits per heavy atom. The number of hydrogen-bond acceptors (Lipinski definition) is 4. The molecule has 1 aliphatic rings. The fourth-order valence-electron chi connectivity index (χ4n) is 2.62. The second kappa shape index (κ2) is 5.65. The molecule has 6 nitrogen and oxygen atoms in total. The number of amides is 1. The van der Waals surface area contributed by atoms with Gasteiger partial charge in [0, 0.05) is 11.7 Å². The predicted molar refractivity (Wildman–Crippen MR) is 83.5 cm³/mol. The monoisotopic (exact) mass is 311 g/mol. The molecule has 116 valence electrons. The number of carbonyl (C=O) groups excluding carboxylic acids is 1. The summed E-state index contributed by atoms with van der Waals surface area (Å²) < 4.78 is 24.8. The lowest BCUT2D eigenvalue weighted by atomic mass is 9.84. The van der Waals surface area contributed by atoms with Gasteiger partial charge in [0.25, 0.3) is 0 Å². The number of carbonyl (C=O) groups is 1. The van der Waals surface area contributed by atoms with Crippen molar-refractivity contribution in [3.8, 4) is 0 Å². The third-order valence-electron chi connectivity index (χ3n) is 3.97. The molecule has 0 radical (unpaired) electrons. The van der Waals surface area contributed by atoms with Crippen molar-refractivity contribution in [3.05, 3.63) is 24.3 Å². The smallest absolute Gasteiger partial charge is 0.231 e. The minimum atomic E-state index is -3.34. The van der Waals surface area contributed by atoms with E-state index in [1.165, 1.54) is 0 Å². The van der Waals surface area contributed by atoms with Crippen molar-refractivity contribution < 1.29 is 13.2 Å². The predicted octanol–water partition coefficient (Wildman–Crippen LogP) is 1.51. The van der Waals surface area contributed by atoms with E-state index in [-0.39, 0.29) is 11.9 Å². The summed E-state index contributed by atoms with van der Waals surface area (Å²) in [4.78, 5) is 12.4. The van der Waals surface area contributed by atoms with Crippen molar-refractivity contribution >= 4 is 27.3 Å². The van der Waals surface area contributed by atoms with Gasteiger partial charge in [-0.05, 0) is 38.0 Å². The van der Waals surface area contributed by atoms with Crippen molar-refractivity contribution in [1.29, 1.82) is 0 Å². The highest BCUT2D eigenvalue weighted by atomic mass is 32.2. The van der Waals surface area contributed by atoms with Gasteiger partial charge >= 0.3 is 0 Å². The van der Waals surface area contributed by atoms with E-state index in [0.717, 1.165) is 25.5 Å². The summed E-state index contributed by atoms with van der Waals surface area (Å²) in [5.74, 6) is -0.121. The lowest BCUT2D eigenvalue weighted by molar-refractivity contribution is -0.125. The molecule has 2 unspecified atom stereocenters. The molecule has 0 bridgehead atoms. The van der Waals surface area contributed by atoms with Gasteiger partial charge in [-0.2, -0.15) is 0 Å². The van der Waals surface area contributed by atoms with E-state index in [0.29, 0.717) is 11.4 Å². The van der Waals surface area contributed by atoms with Gasteiger partial charge in [-0.25, -0.2) is 8.42 Å². The van der Waals surface area contributed by atoms with Crippen LogP contribution < -0.4 is 15.8 Å². The number of rotatable bonds is 4. The fourth-order valence-corrected chi connectivity index (χ4v) is 3.18. The second-order valence-corrected chi connectivity index (χ2v) is 7.57. The highest BCUT2D eigenvalue weighted by Crippen LogP contribution is 2.37. The molecule has 7 heteroatoms. The Balaban J connectivity index is 2.13. The molecule has 21 heavy (non-hydrogen) atoms. The van der Waals surface area contributed by atoms with Gasteiger partial charge in [-0.1, -0.05) is 12.5 Å². The van der Waals surface area contributed by atoms with Crippen molar-refractivity contribution in [2.24, 2.45) is 11.1 Å². The fraction of sp³-hybridized carbons (Fsp3) is 0.500. The third-order valence-corrected chi connectivity index (χ3v) is 4.58. The summed E-state index contributed by atoms with van der Waals surface area (Å²) in [6.07, 6.45) is 3.64. The minimum Gasteiger partial charge on any atom is -0.327 e. The molecule has 1 aliphatic carbocycles. The molecule has 0 aromatic heterocycles. The summed E-state index contributed by atoms with van der Waals surface area (Å²) in [7, 11) is -3.34. The molecule has 1 aromatic rings. The highest BCUT2D eigenvalue weighted by molar-refractivity contribution is 7.92. The van der Waals surface area contributed by atoms with Gasteiger partial charge in [0.1, 0.15) is 0 Å². The van der Waals surface area contributed by atoms with E-state index in [2.05, 4.69) is 10.0 Å². The zero-order chi connectivity index (χ0) is 15.7. The van der Waals surface area contributed by atoms with Crippen molar-refractivity contribution in [2.75, 3.05) is 16.3 Å². The van der Waals surface area contributed by atoms with Gasteiger partial charge in [-0.15, -0.1) is 0 Å². The number of anilines is 2. The Hall–Kier alpha value is -1.60. The highest BCUT2D eigenvalue weighted by Gasteiger charge is 2.42. The topological polar surface area (TPSA) is 101 Å². The molecule has 0 spiro atoms. The van der Waals surface area contributed by atoms with Crippen LogP contribution in [0.2, 0.25) is 0 Å². The first kappa shape index (κ1) is 15.8. The Labute approximate surface area is 125 Å². The quantitative estimate of drug-likeness (QED) is 0.784. The van der Waals surface area contributed by atoms with Crippen LogP contribution in [-0.2, 0) is 14.8 Å². The standard InChI is InChI=1S/C14H21N3O3S/c1-14(8-4-7-12(14)15)13(18)16-10-5-3-6-11(9-10)17-21(2,19)20/h3,5-6,9,12,17H,4,7-8,15H2,1-2H3,(H,16,18). The molecular weight excluding hydrogens is 290 g/mol. The lowest BCUT2D eigenvalue weighted by Crippen LogP contribution is -2.44. The van der Waals surface area contributed by atoms with Crippen LogP contribution in [0.5, 0.6) is 0 Å². The zero-order valence-electron chi connectivity index (χ0n) is 12.2. The Morgan fingerprint density at radius 1 is 1.38 bits per heavy atom. The van der Waals surface area contributed by atoms with Crippen LogP contribution in [0.3, 0.4) is 0 Å². The van der Waals surface area contributed by atoms with E-state index < -0.39 is 15.4 Å².